The third kappa shape index (κ3) is 3.85. The third-order valence-corrected chi connectivity index (χ3v) is 4.85. The zero-order valence-electron chi connectivity index (χ0n) is 14.5. The number of benzene rings is 1. The maximum atomic E-state index is 12.7. The van der Waals surface area contributed by atoms with Crippen LogP contribution in [-0.2, 0) is 17.9 Å². The summed E-state index contributed by atoms with van der Waals surface area (Å²) in [7, 11) is 0. The molecule has 0 spiro atoms. The van der Waals surface area contributed by atoms with Gasteiger partial charge in [-0.2, -0.15) is 0 Å². The van der Waals surface area contributed by atoms with E-state index in [4.69, 9.17) is 0 Å². The van der Waals surface area contributed by atoms with Gasteiger partial charge in [0.05, 0.1) is 12.0 Å². The number of carbonyl (C=O) groups excluding carboxylic acids is 1. The van der Waals surface area contributed by atoms with Crippen LogP contribution in [0.4, 0.5) is 0 Å². The number of amides is 1. The predicted molar refractivity (Wildman–Crippen MR) is 94.3 cm³/mol. The van der Waals surface area contributed by atoms with Crippen LogP contribution in [0.2, 0.25) is 0 Å². The van der Waals surface area contributed by atoms with Crippen molar-refractivity contribution in [1.29, 1.82) is 0 Å². The Morgan fingerprint density at radius 1 is 1.25 bits per heavy atom. The number of hydrogen-bond donors (Lipinski definition) is 1. The molecule has 5 nitrogen and oxygen atoms in total. The lowest BCUT2D eigenvalue weighted by Crippen LogP contribution is -2.42. The van der Waals surface area contributed by atoms with Gasteiger partial charge in [-0.1, -0.05) is 37.3 Å². The Bertz CT molecular complexity index is 667. The molecule has 1 atom stereocenters. The molecular weight excluding hydrogens is 300 g/mol. The molecule has 5 heteroatoms. The average molecular weight is 326 g/mol. The summed E-state index contributed by atoms with van der Waals surface area (Å²) < 4.78 is 0. The van der Waals surface area contributed by atoms with Crippen LogP contribution in [0.15, 0.2) is 36.7 Å². The molecule has 1 fully saturated rings. The van der Waals surface area contributed by atoms with Crippen molar-refractivity contribution in [2.75, 3.05) is 13.1 Å². The Kier molecular flexibility index (Phi) is 5.30. The summed E-state index contributed by atoms with van der Waals surface area (Å²) in [5.41, 5.74) is 3.38. The number of nitrogens with zero attached hydrogens (tertiary/aromatic N) is 3. The molecule has 1 aromatic carbocycles. The smallest absolute Gasteiger partial charge is 0.224 e. The van der Waals surface area contributed by atoms with Crippen molar-refractivity contribution in [3.63, 3.8) is 0 Å². The lowest BCUT2D eigenvalue weighted by Gasteiger charge is -2.31. The van der Waals surface area contributed by atoms with Gasteiger partial charge in [0.25, 0.3) is 0 Å². The second-order valence-corrected chi connectivity index (χ2v) is 6.53. The molecule has 1 saturated heterocycles. The number of H-pyrrole nitrogens is 1. The van der Waals surface area contributed by atoms with E-state index in [-0.39, 0.29) is 11.9 Å². The highest BCUT2D eigenvalue weighted by Crippen LogP contribution is 2.19. The van der Waals surface area contributed by atoms with Gasteiger partial charge in [0.1, 0.15) is 0 Å². The standard InChI is InChI=1S/C19H26N4O/c1-3-17-12-22(13-18-15(2)20-14-21-18)10-9-19(24)23(17)11-16-7-5-4-6-8-16/h4-8,14,17H,3,9-13H2,1-2H3,(H,20,21). The van der Waals surface area contributed by atoms with Crippen molar-refractivity contribution in [2.24, 2.45) is 0 Å². The Morgan fingerprint density at radius 2 is 2.04 bits per heavy atom. The number of hydrogen-bond acceptors (Lipinski definition) is 3. The fourth-order valence-electron chi connectivity index (χ4n) is 3.34. The molecule has 0 bridgehead atoms. The normalized spacial score (nSPS) is 19.5. The monoisotopic (exact) mass is 326 g/mol. The van der Waals surface area contributed by atoms with Gasteiger partial charge < -0.3 is 9.88 Å². The van der Waals surface area contributed by atoms with E-state index in [0.717, 1.165) is 37.4 Å². The van der Waals surface area contributed by atoms with Gasteiger partial charge in [0, 0.05) is 44.3 Å². The molecule has 0 aliphatic carbocycles. The molecule has 0 radical (unpaired) electrons. The highest BCUT2D eigenvalue weighted by Gasteiger charge is 2.29. The van der Waals surface area contributed by atoms with Crippen molar-refractivity contribution in [3.8, 4) is 0 Å². The van der Waals surface area contributed by atoms with Crippen LogP contribution >= 0.6 is 0 Å². The summed E-state index contributed by atoms with van der Waals surface area (Å²) in [5.74, 6) is 0.256. The quantitative estimate of drug-likeness (QED) is 0.919. The summed E-state index contributed by atoms with van der Waals surface area (Å²) in [6.07, 6.45) is 3.29. The fourth-order valence-corrected chi connectivity index (χ4v) is 3.34. The maximum absolute atomic E-state index is 12.7. The lowest BCUT2D eigenvalue weighted by atomic mass is 10.1. The van der Waals surface area contributed by atoms with Gasteiger partial charge in [0.15, 0.2) is 0 Å². The minimum atomic E-state index is 0.249. The minimum Gasteiger partial charge on any atom is -0.348 e. The summed E-state index contributed by atoms with van der Waals surface area (Å²) >= 11 is 0. The number of aromatic nitrogens is 2. The maximum Gasteiger partial charge on any atom is 0.224 e. The molecule has 1 aliphatic heterocycles. The second-order valence-electron chi connectivity index (χ2n) is 6.53. The summed E-state index contributed by atoms with van der Waals surface area (Å²) in [6, 6.07) is 10.5. The van der Waals surface area contributed by atoms with Crippen LogP contribution in [0, 0.1) is 6.92 Å². The topological polar surface area (TPSA) is 52.2 Å². The van der Waals surface area contributed by atoms with Crippen LogP contribution in [0.1, 0.15) is 36.7 Å². The predicted octanol–water partition coefficient (Wildman–Crippen LogP) is 2.73. The average Bonchev–Trinajstić information content (AvgIpc) is 2.94. The van der Waals surface area contributed by atoms with Crippen LogP contribution in [0.5, 0.6) is 0 Å². The largest absolute Gasteiger partial charge is 0.348 e. The second kappa shape index (κ2) is 7.62. The molecule has 1 amide bonds. The number of aromatic amines is 1. The van der Waals surface area contributed by atoms with Gasteiger partial charge >= 0.3 is 0 Å². The van der Waals surface area contributed by atoms with Crippen LogP contribution < -0.4 is 0 Å². The molecule has 1 N–H and O–H groups in total. The highest BCUT2D eigenvalue weighted by molar-refractivity contribution is 5.77. The van der Waals surface area contributed by atoms with Gasteiger partial charge in [-0.3, -0.25) is 9.69 Å². The zero-order valence-corrected chi connectivity index (χ0v) is 14.5. The van der Waals surface area contributed by atoms with Gasteiger partial charge in [-0.25, -0.2) is 4.98 Å². The molecule has 2 heterocycles. The van der Waals surface area contributed by atoms with E-state index < -0.39 is 0 Å². The molecule has 0 saturated carbocycles. The Balaban J connectivity index is 1.72. The zero-order chi connectivity index (χ0) is 16.9. The first-order valence-electron chi connectivity index (χ1n) is 8.72. The van der Waals surface area contributed by atoms with E-state index in [2.05, 4.69) is 38.8 Å². The fraction of sp³-hybridized carbons (Fsp3) is 0.474. The van der Waals surface area contributed by atoms with Crippen LogP contribution in [-0.4, -0.2) is 44.8 Å². The SMILES string of the molecule is CCC1CN(Cc2nc[nH]c2C)CCC(=O)N1Cc1ccccc1. The van der Waals surface area contributed by atoms with Crippen molar-refractivity contribution in [3.05, 3.63) is 53.6 Å². The number of carbonyl (C=O) groups is 1. The van der Waals surface area contributed by atoms with Crippen molar-refractivity contribution in [1.82, 2.24) is 19.8 Å². The van der Waals surface area contributed by atoms with E-state index in [1.165, 1.54) is 5.56 Å². The molecule has 1 unspecified atom stereocenters. The first-order chi connectivity index (χ1) is 11.7. The summed E-state index contributed by atoms with van der Waals surface area (Å²) in [5, 5.41) is 0. The first kappa shape index (κ1) is 16.7. The van der Waals surface area contributed by atoms with Gasteiger partial charge in [0.2, 0.25) is 5.91 Å². The Morgan fingerprint density at radius 3 is 2.71 bits per heavy atom. The van der Waals surface area contributed by atoms with E-state index >= 15 is 0 Å². The van der Waals surface area contributed by atoms with Crippen molar-refractivity contribution < 1.29 is 4.79 Å². The van der Waals surface area contributed by atoms with E-state index in [1.807, 2.05) is 25.1 Å². The Hall–Kier alpha value is -2.14. The highest BCUT2D eigenvalue weighted by atomic mass is 16.2. The molecular formula is C19H26N4O. The lowest BCUT2D eigenvalue weighted by molar-refractivity contribution is -0.133. The molecule has 2 aromatic rings. The van der Waals surface area contributed by atoms with Crippen molar-refractivity contribution >= 4 is 5.91 Å². The molecule has 24 heavy (non-hydrogen) atoms. The molecule has 1 aromatic heterocycles. The minimum absolute atomic E-state index is 0.249. The molecule has 3 rings (SSSR count). The van der Waals surface area contributed by atoms with E-state index in [1.54, 1.807) is 6.33 Å². The Labute approximate surface area is 143 Å². The first-order valence-corrected chi connectivity index (χ1v) is 8.72. The summed E-state index contributed by atoms with van der Waals surface area (Å²) in [4.78, 5) is 24.6. The number of aryl methyl sites for hydroxylation is 1. The van der Waals surface area contributed by atoms with Crippen LogP contribution in [0.3, 0.4) is 0 Å². The summed E-state index contributed by atoms with van der Waals surface area (Å²) in [6.45, 7) is 7.42. The van der Waals surface area contributed by atoms with Gasteiger partial charge in [-0.05, 0) is 18.9 Å². The number of nitrogens with one attached hydrogen (secondary N) is 1. The third-order valence-electron chi connectivity index (χ3n) is 4.85. The number of imidazole rings is 1. The molecule has 1 aliphatic rings. The van der Waals surface area contributed by atoms with E-state index in [0.29, 0.717) is 13.0 Å². The number of rotatable bonds is 5. The van der Waals surface area contributed by atoms with E-state index in [9.17, 15) is 4.79 Å². The van der Waals surface area contributed by atoms with Gasteiger partial charge in [-0.15, -0.1) is 0 Å². The molecule has 128 valence electrons. The van der Waals surface area contributed by atoms with Crippen molar-refractivity contribution in [2.45, 2.75) is 45.8 Å². The van der Waals surface area contributed by atoms with Crippen LogP contribution in [0.25, 0.3) is 0 Å².